The lowest BCUT2D eigenvalue weighted by Gasteiger charge is -2.20. The summed E-state index contributed by atoms with van der Waals surface area (Å²) in [5, 5.41) is 0. The van der Waals surface area contributed by atoms with Crippen molar-refractivity contribution in [3.63, 3.8) is 0 Å². The number of unbranched alkanes of at least 4 members (excludes halogenated alkanes) is 2. The molecule has 104 valence electrons. The van der Waals surface area contributed by atoms with E-state index in [0.717, 1.165) is 11.8 Å². The Morgan fingerprint density at radius 3 is 1.41 bits per heavy atom. The van der Waals surface area contributed by atoms with Crippen molar-refractivity contribution in [3.8, 4) is 0 Å². The van der Waals surface area contributed by atoms with E-state index < -0.39 is 0 Å². The molecular weight excluding hydrogens is 206 g/mol. The fraction of sp³-hybridized carbons (Fsp3) is 1.00. The van der Waals surface area contributed by atoms with Gasteiger partial charge in [-0.3, -0.25) is 0 Å². The maximum Gasteiger partial charge on any atom is -0.00189 e. The molecule has 0 aromatic heterocycles. The van der Waals surface area contributed by atoms with Gasteiger partial charge in [-0.2, -0.15) is 0 Å². The molecule has 0 saturated heterocycles. The van der Waals surface area contributed by atoms with Crippen molar-refractivity contribution in [2.24, 2.45) is 11.8 Å². The summed E-state index contributed by atoms with van der Waals surface area (Å²) in [7, 11) is 0. The van der Waals surface area contributed by atoms with E-state index in [9.17, 15) is 0 Å². The summed E-state index contributed by atoms with van der Waals surface area (Å²) in [5.41, 5.74) is 0. The fourth-order valence-electron chi connectivity index (χ4n) is 2.20. The van der Waals surface area contributed by atoms with Gasteiger partial charge in [0.15, 0.2) is 0 Å². The van der Waals surface area contributed by atoms with E-state index in [0.29, 0.717) is 0 Å². The second-order valence-electron chi connectivity index (χ2n) is 6.21. The summed E-state index contributed by atoms with van der Waals surface area (Å²) in [4.78, 5) is 2.63. The molecule has 0 aliphatic heterocycles. The maximum atomic E-state index is 2.63. The molecule has 0 aromatic carbocycles. The van der Waals surface area contributed by atoms with E-state index in [2.05, 4.69) is 39.5 Å². The molecule has 17 heavy (non-hydrogen) atoms. The predicted octanol–water partition coefficient (Wildman–Crippen LogP) is 4.96. The third kappa shape index (κ3) is 12.2. The monoisotopic (exact) mass is 241 g/mol. The van der Waals surface area contributed by atoms with Crippen molar-refractivity contribution >= 4 is 0 Å². The van der Waals surface area contributed by atoms with Gasteiger partial charge in [-0.05, 0) is 44.3 Å². The second kappa shape index (κ2) is 11.1. The van der Waals surface area contributed by atoms with Crippen molar-refractivity contribution in [2.75, 3.05) is 19.6 Å². The first-order valence-corrected chi connectivity index (χ1v) is 7.78. The number of nitrogens with zero attached hydrogens (tertiary/aromatic N) is 1. The molecule has 0 aromatic rings. The molecule has 1 nitrogen and oxygen atoms in total. The maximum absolute atomic E-state index is 2.63. The van der Waals surface area contributed by atoms with Crippen LogP contribution in [0.4, 0.5) is 0 Å². The molecule has 0 amide bonds. The summed E-state index contributed by atoms with van der Waals surface area (Å²) in [6.45, 7) is 15.4. The molecule has 0 rings (SSSR count). The molecule has 0 aliphatic rings. The van der Waals surface area contributed by atoms with Crippen molar-refractivity contribution in [1.29, 1.82) is 0 Å². The summed E-state index contributed by atoms with van der Waals surface area (Å²) in [6.07, 6.45) is 8.36. The van der Waals surface area contributed by atoms with Gasteiger partial charge in [0.05, 0.1) is 0 Å². The molecule has 0 unspecified atom stereocenters. The average molecular weight is 241 g/mol. The van der Waals surface area contributed by atoms with E-state index in [1.54, 1.807) is 0 Å². The number of hydrogen-bond donors (Lipinski definition) is 0. The normalized spacial score (nSPS) is 12.0. The van der Waals surface area contributed by atoms with Gasteiger partial charge in [0.1, 0.15) is 0 Å². The Morgan fingerprint density at radius 2 is 1.12 bits per heavy atom. The third-order valence-electron chi connectivity index (χ3n) is 3.46. The Bertz CT molecular complexity index is 136. The Hall–Kier alpha value is -0.0400. The minimum absolute atomic E-state index is 0.871. The van der Waals surface area contributed by atoms with Crippen molar-refractivity contribution in [1.82, 2.24) is 4.90 Å². The largest absolute Gasteiger partial charge is 0.304 e. The second-order valence-corrected chi connectivity index (χ2v) is 6.21. The lowest BCUT2D eigenvalue weighted by molar-refractivity contribution is 0.270. The number of rotatable bonds is 11. The first-order valence-electron chi connectivity index (χ1n) is 7.78. The Balaban J connectivity index is 3.42. The molecule has 0 aliphatic carbocycles. The fourth-order valence-corrected chi connectivity index (χ4v) is 2.20. The number of hydrogen-bond acceptors (Lipinski definition) is 1. The van der Waals surface area contributed by atoms with Gasteiger partial charge in [-0.1, -0.05) is 60.3 Å². The highest BCUT2D eigenvalue weighted by atomic mass is 15.1. The minimum atomic E-state index is 0.871. The van der Waals surface area contributed by atoms with Crippen molar-refractivity contribution in [2.45, 2.75) is 73.1 Å². The van der Waals surface area contributed by atoms with Gasteiger partial charge >= 0.3 is 0 Å². The summed E-state index contributed by atoms with van der Waals surface area (Å²) in [5.74, 6) is 1.74. The Kier molecular flexibility index (Phi) is 11.0. The quantitative estimate of drug-likeness (QED) is 0.462. The lowest BCUT2D eigenvalue weighted by atomic mass is 10.1. The van der Waals surface area contributed by atoms with Crippen molar-refractivity contribution in [3.05, 3.63) is 0 Å². The molecule has 0 radical (unpaired) electrons. The first-order chi connectivity index (χ1) is 8.06. The predicted molar refractivity (Wildman–Crippen MR) is 79.5 cm³/mol. The zero-order chi connectivity index (χ0) is 13.1. The van der Waals surface area contributed by atoms with Crippen LogP contribution in [-0.2, 0) is 0 Å². The Labute approximate surface area is 110 Å². The molecule has 0 saturated carbocycles. The zero-order valence-electron chi connectivity index (χ0n) is 13.0. The minimum Gasteiger partial charge on any atom is -0.304 e. The highest BCUT2D eigenvalue weighted by Gasteiger charge is 2.03. The van der Waals surface area contributed by atoms with E-state index in [-0.39, 0.29) is 0 Å². The topological polar surface area (TPSA) is 3.24 Å². The van der Waals surface area contributed by atoms with Crippen molar-refractivity contribution < 1.29 is 0 Å². The van der Waals surface area contributed by atoms with Gasteiger partial charge in [0.2, 0.25) is 0 Å². The van der Waals surface area contributed by atoms with Gasteiger partial charge in [0, 0.05) is 0 Å². The first kappa shape index (κ1) is 17.0. The van der Waals surface area contributed by atoms with Crippen LogP contribution in [0.2, 0.25) is 0 Å². The van der Waals surface area contributed by atoms with Crippen LogP contribution in [0.1, 0.15) is 73.1 Å². The van der Waals surface area contributed by atoms with E-state index in [4.69, 9.17) is 0 Å². The van der Waals surface area contributed by atoms with E-state index >= 15 is 0 Å². The molecule has 0 fully saturated rings. The van der Waals surface area contributed by atoms with Crippen LogP contribution in [0.5, 0.6) is 0 Å². The average Bonchev–Trinajstić information content (AvgIpc) is 2.26. The molecule has 1 heteroatoms. The lowest BCUT2D eigenvalue weighted by Crippen LogP contribution is -2.25. The van der Waals surface area contributed by atoms with Crippen LogP contribution < -0.4 is 0 Å². The summed E-state index contributed by atoms with van der Waals surface area (Å²) >= 11 is 0. The summed E-state index contributed by atoms with van der Waals surface area (Å²) in [6, 6.07) is 0. The molecule has 0 heterocycles. The van der Waals surface area contributed by atoms with E-state index in [1.807, 2.05) is 0 Å². The highest BCUT2D eigenvalue weighted by molar-refractivity contribution is 4.58. The van der Waals surface area contributed by atoms with Crippen LogP contribution >= 0.6 is 0 Å². The van der Waals surface area contributed by atoms with Gasteiger partial charge in [-0.15, -0.1) is 0 Å². The third-order valence-corrected chi connectivity index (χ3v) is 3.46. The zero-order valence-corrected chi connectivity index (χ0v) is 13.0. The van der Waals surface area contributed by atoms with Gasteiger partial charge in [-0.25, -0.2) is 0 Å². The molecule has 0 N–H and O–H groups in total. The molecule has 0 atom stereocenters. The van der Waals surface area contributed by atoms with Crippen LogP contribution in [0.3, 0.4) is 0 Å². The highest BCUT2D eigenvalue weighted by Crippen LogP contribution is 2.09. The smallest absolute Gasteiger partial charge is 0.00189 e. The van der Waals surface area contributed by atoms with Crippen LogP contribution in [0.15, 0.2) is 0 Å². The molecule has 0 bridgehead atoms. The van der Waals surface area contributed by atoms with Gasteiger partial charge in [0.25, 0.3) is 0 Å². The standard InChI is InChI=1S/C16H35N/c1-6-17(13-9-7-11-15(2)3)14-10-8-12-16(4)5/h15-16H,6-14H2,1-5H3. The molecular formula is C16H35N. The SMILES string of the molecule is CCN(CCCCC(C)C)CCCCC(C)C. The van der Waals surface area contributed by atoms with E-state index in [1.165, 1.54) is 58.2 Å². The van der Waals surface area contributed by atoms with Crippen LogP contribution in [-0.4, -0.2) is 24.5 Å². The van der Waals surface area contributed by atoms with Gasteiger partial charge < -0.3 is 4.90 Å². The van der Waals surface area contributed by atoms with Crippen LogP contribution in [0, 0.1) is 11.8 Å². The summed E-state index contributed by atoms with van der Waals surface area (Å²) < 4.78 is 0. The Morgan fingerprint density at radius 1 is 0.706 bits per heavy atom. The molecule has 0 spiro atoms. The van der Waals surface area contributed by atoms with Crippen LogP contribution in [0.25, 0.3) is 0 Å².